The van der Waals surface area contributed by atoms with E-state index in [1.807, 2.05) is 0 Å². The molecule has 0 radical (unpaired) electrons. The van der Waals surface area contributed by atoms with Gasteiger partial charge in [0.25, 0.3) is 0 Å². The Morgan fingerprint density at radius 2 is 1.56 bits per heavy atom. The molecule has 2 aliphatic rings. The van der Waals surface area contributed by atoms with Crippen molar-refractivity contribution in [2.45, 2.75) is 46.5 Å². The fourth-order valence-corrected chi connectivity index (χ4v) is 3.79. The fraction of sp³-hybridized carbons (Fsp3) is 0.667. The molecule has 0 aromatic carbocycles. The first-order chi connectivity index (χ1) is 11.9. The van der Waals surface area contributed by atoms with Crippen LogP contribution in [0.4, 0.5) is 0 Å². The summed E-state index contributed by atoms with van der Waals surface area (Å²) in [6.07, 6.45) is 1.96. The Morgan fingerprint density at radius 1 is 0.960 bits per heavy atom. The van der Waals surface area contributed by atoms with Gasteiger partial charge in [-0.15, -0.1) is 0 Å². The van der Waals surface area contributed by atoms with Gasteiger partial charge in [-0.2, -0.15) is 0 Å². The van der Waals surface area contributed by atoms with Gasteiger partial charge in [-0.3, -0.25) is 9.59 Å². The van der Waals surface area contributed by atoms with Gasteiger partial charge in [0.15, 0.2) is 0 Å². The van der Waals surface area contributed by atoms with E-state index in [0.29, 0.717) is 19.3 Å². The molecule has 0 aliphatic heterocycles. The van der Waals surface area contributed by atoms with Crippen molar-refractivity contribution in [3.8, 4) is 0 Å². The minimum Gasteiger partial charge on any atom is -0.465 e. The van der Waals surface area contributed by atoms with Crippen molar-refractivity contribution >= 4 is 23.7 Å². The van der Waals surface area contributed by atoms with Crippen molar-refractivity contribution in [1.29, 1.82) is 0 Å². The predicted molar refractivity (Wildman–Crippen MR) is 86.3 cm³/mol. The van der Waals surface area contributed by atoms with Gasteiger partial charge in [0.2, 0.25) is 0 Å². The molecule has 25 heavy (non-hydrogen) atoms. The maximum Gasteiger partial charge on any atom is 0.335 e. The Hall–Kier alpha value is -2.18. The molecule has 0 saturated heterocycles. The average Bonchev–Trinajstić information content (AvgIpc) is 2.54. The monoisotopic (exact) mass is 352 g/mol. The van der Waals surface area contributed by atoms with Crippen LogP contribution >= 0.6 is 0 Å². The number of carbonyl (C=O) groups is 4. The first-order valence-electron chi connectivity index (χ1n) is 8.74. The Morgan fingerprint density at radius 3 is 2.12 bits per heavy atom. The lowest BCUT2D eigenvalue weighted by molar-refractivity contribution is -0.164. The van der Waals surface area contributed by atoms with Crippen LogP contribution in [0, 0.1) is 11.3 Å². The summed E-state index contributed by atoms with van der Waals surface area (Å²) in [7, 11) is 0. The molecule has 2 aliphatic carbocycles. The van der Waals surface area contributed by atoms with Crippen LogP contribution in [0.3, 0.4) is 0 Å². The highest BCUT2D eigenvalue weighted by atomic mass is 16.5. The van der Waals surface area contributed by atoms with Crippen LogP contribution in [0.2, 0.25) is 0 Å². The van der Waals surface area contributed by atoms with E-state index in [0.717, 1.165) is 0 Å². The molecule has 7 nitrogen and oxygen atoms in total. The average molecular weight is 352 g/mol. The summed E-state index contributed by atoms with van der Waals surface area (Å²) in [6.45, 7) is 5.22. The second-order valence-electron chi connectivity index (χ2n) is 6.02. The van der Waals surface area contributed by atoms with Gasteiger partial charge in [-0.1, -0.05) is 6.42 Å². The molecule has 0 aromatic rings. The van der Waals surface area contributed by atoms with Gasteiger partial charge in [0.05, 0.1) is 36.4 Å². The number of esters is 3. The van der Waals surface area contributed by atoms with Crippen molar-refractivity contribution < 1.29 is 33.4 Å². The van der Waals surface area contributed by atoms with Crippen LogP contribution in [0.15, 0.2) is 11.1 Å². The van der Waals surface area contributed by atoms with E-state index in [1.54, 1.807) is 20.8 Å². The molecular weight excluding hydrogens is 328 g/mol. The van der Waals surface area contributed by atoms with Crippen LogP contribution < -0.4 is 0 Å². The number of hydrogen-bond donors (Lipinski definition) is 0. The van der Waals surface area contributed by atoms with Crippen LogP contribution in [0.1, 0.15) is 46.5 Å². The van der Waals surface area contributed by atoms with Crippen molar-refractivity contribution in [3.63, 3.8) is 0 Å². The lowest BCUT2D eigenvalue weighted by atomic mass is 9.50. The fourth-order valence-electron chi connectivity index (χ4n) is 3.79. The lowest BCUT2D eigenvalue weighted by Gasteiger charge is -2.49. The maximum absolute atomic E-state index is 12.8. The van der Waals surface area contributed by atoms with E-state index in [1.165, 1.54) is 0 Å². The summed E-state index contributed by atoms with van der Waals surface area (Å²) < 4.78 is 15.2. The molecule has 1 saturated carbocycles. The third-order valence-electron chi connectivity index (χ3n) is 4.72. The molecule has 0 aromatic heterocycles. The topological polar surface area (TPSA) is 96.0 Å². The Balaban J connectivity index is 2.59. The summed E-state index contributed by atoms with van der Waals surface area (Å²) in [5.41, 5.74) is -1.43. The van der Waals surface area contributed by atoms with Gasteiger partial charge < -0.3 is 14.2 Å². The van der Waals surface area contributed by atoms with Gasteiger partial charge in [-0.05, 0) is 33.6 Å². The van der Waals surface area contributed by atoms with E-state index in [2.05, 4.69) is 0 Å². The Kier molecular flexibility index (Phi) is 5.98. The highest BCUT2D eigenvalue weighted by Gasteiger charge is 2.66. The number of hydrogen-bond acceptors (Lipinski definition) is 7. The molecule has 1 spiro atoms. The lowest BCUT2D eigenvalue weighted by Crippen LogP contribution is -2.58. The SMILES string of the molecule is CCOC(=O)C1=C(C(=O)OCC)[C@]2(CCCCC2=O)[C@H]1C(=O)OCC. The highest BCUT2D eigenvalue weighted by Crippen LogP contribution is 2.58. The minimum absolute atomic E-state index is 0.0180. The molecule has 2 rings (SSSR count). The van der Waals surface area contributed by atoms with Gasteiger partial charge >= 0.3 is 17.9 Å². The maximum atomic E-state index is 12.8. The van der Waals surface area contributed by atoms with E-state index in [4.69, 9.17) is 14.2 Å². The van der Waals surface area contributed by atoms with Crippen LogP contribution in [-0.2, 0) is 33.4 Å². The van der Waals surface area contributed by atoms with Crippen molar-refractivity contribution in [1.82, 2.24) is 0 Å². The molecule has 7 heteroatoms. The second-order valence-corrected chi connectivity index (χ2v) is 6.02. The molecule has 0 amide bonds. The first kappa shape index (κ1) is 19.1. The van der Waals surface area contributed by atoms with Crippen LogP contribution in [0.5, 0.6) is 0 Å². The number of rotatable bonds is 6. The zero-order valence-electron chi connectivity index (χ0n) is 14.9. The zero-order chi connectivity index (χ0) is 18.6. The van der Waals surface area contributed by atoms with E-state index < -0.39 is 29.2 Å². The molecule has 0 heterocycles. The predicted octanol–water partition coefficient (Wildman–Crippen LogP) is 1.73. The Labute approximate surface area is 146 Å². The van der Waals surface area contributed by atoms with Crippen LogP contribution in [0.25, 0.3) is 0 Å². The number of ether oxygens (including phenoxy) is 3. The summed E-state index contributed by atoms with van der Waals surface area (Å²) >= 11 is 0. The molecule has 2 atom stereocenters. The van der Waals surface area contributed by atoms with E-state index >= 15 is 0 Å². The zero-order valence-corrected chi connectivity index (χ0v) is 14.9. The smallest absolute Gasteiger partial charge is 0.335 e. The molecule has 0 bridgehead atoms. The molecular formula is C18H24O7. The third-order valence-corrected chi connectivity index (χ3v) is 4.72. The first-order valence-corrected chi connectivity index (χ1v) is 8.74. The summed E-state index contributed by atoms with van der Waals surface area (Å²) in [5, 5.41) is 0. The molecule has 1 fully saturated rings. The van der Waals surface area contributed by atoms with Gasteiger partial charge in [-0.25, -0.2) is 9.59 Å². The van der Waals surface area contributed by atoms with Crippen molar-refractivity contribution in [2.24, 2.45) is 11.3 Å². The second kappa shape index (κ2) is 7.80. The van der Waals surface area contributed by atoms with Gasteiger partial charge in [0, 0.05) is 6.42 Å². The largest absolute Gasteiger partial charge is 0.465 e. The normalized spacial score (nSPS) is 25.4. The standard InChI is InChI=1S/C18H24O7/c1-4-23-15(20)12-13(16(21)24-5-2)18(10-8-7-9-11(18)19)14(12)17(22)25-6-3/h13H,4-10H2,1-3H3/t13-,18+/m1/s1. The highest BCUT2D eigenvalue weighted by molar-refractivity contribution is 6.16. The number of carbonyl (C=O) groups excluding carboxylic acids is 4. The van der Waals surface area contributed by atoms with E-state index in [-0.39, 0.29) is 43.2 Å². The summed E-state index contributed by atoms with van der Waals surface area (Å²) in [6, 6.07) is 0. The molecule has 138 valence electrons. The van der Waals surface area contributed by atoms with Crippen molar-refractivity contribution in [2.75, 3.05) is 19.8 Å². The van der Waals surface area contributed by atoms with Gasteiger partial charge in [0.1, 0.15) is 11.7 Å². The Bertz CT molecular complexity index is 619. The molecule has 0 unspecified atom stereocenters. The number of ketones is 1. The minimum atomic E-state index is -1.32. The van der Waals surface area contributed by atoms with E-state index in [9.17, 15) is 19.2 Å². The summed E-state index contributed by atoms with van der Waals surface area (Å²) in [4.78, 5) is 50.2. The summed E-state index contributed by atoms with van der Waals surface area (Å²) in [5.74, 6) is -3.49. The van der Waals surface area contributed by atoms with Crippen molar-refractivity contribution in [3.05, 3.63) is 11.1 Å². The molecule has 0 N–H and O–H groups in total. The van der Waals surface area contributed by atoms with Crippen LogP contribution in [-0.4, -0.2) is 43.5 Å². The third kappa shape index (κ3) is 3.07. The quantitative estimate of drug-likeness (QED) is 0.530. The number of Topliss-reactive ketones (excluding diaryl/α,β-unsaturated/α-hetero) is 1.